The second kappa shape index (κ2) is 10.3. The van der Waals surface area contributed by atoms with Crippen LogP contribution in [0.2, 0.25) is 5.02 Å². The third-order valence-corrected chi connectivity index (χ3v) is 6.51. The van der Waals surface area contributed by atoms with Gasteiger partial charge in [-0.1, -0.05) is 30.7 Å². The van der Waals surface area contributed by atoms with E-state index in [1.807, 2.05) is 19.1 Å². The van der Waals surface area contributed by atoms with Crippen LogP contribution in [0.3, 0.4) is 0 Å². The number of nitrogens with zero attached hydrogens (tertiary/aromatic N) is 1. The van der Waals surface area contributed by atoms with E-state index in [0.717, 1.165) is 6.42 Å². The van der Waals surface area contributed by atoms with E-state index in [1.54, 1.807) is 36.2 Å². The summed E-state index contributed by atoms with van der Waals surface area (Å²) in [5.74, 6) is -2.18. The molecular weight excluding hydrogens is 418 g/mol. The Morgan fingerprint density at radius 2 is 1.81 bits per heavy atom. The van der Waals surface area contributed by atoms with Crippen LogP contribution in [0.4, 0.5) is 5.69 Å². The maximum Gasteiger partial charge on any atom is 0.247 e. The van der Waals surface area contributed by atoms with Crippen LogP contribution >= 0.6 is 11.6 Å². The third-order valence-electron chi connectivity index (χ3n) is 6.26. The molecule has 5 atom stereocenters. The normalized spacial score (nSPS) is 27.2. The summed E-state index contributed by atoms with van der Waals surface area (Å²) < 4.78 is 0. The molecule has 168 valence electrons. The first-order valence-electron chi connectivity index (χ1n) is 10.8. The van der Waals surface area contributed by atoms with Crippen molar-refractivity contribution in [1.29, 1.82) is 0 Å². The maximum atomic E-state index is 13.5. The molecule has 2 aliphatic rings. The highest BCUT2D eigenvalue weighted by atomic mass is 35.5. The summed E-state index contributed by atoms with van der Waals surface area (Å²) in [6.45, 7) is 2.43. The number of carbonyl (C=O) groups excluding carboxylic acids is 3. The molecule has 0 aromatic heterocycles. The van der Waals surface area contributed by atoms with Gasteiger partial charge in [-0.05, 0) is 49.4 Å². The van der Waals surface area contributed by atoms with Crippen molar-refractivity contribution in [2.45, 2.75) is 32.2 Å². The smallest absolute Gasteiger partial charge is 0.247 e. The van der Waals surface area contributed by atoms with E-state index in [-0.39, 0.29) is 36.2 Å². The molecule has 1 aromatic rings. The zero-order valence-electron chi connectivity index (χ0n) is 17.9. The van der Waals surface area contributed by atoms with Crippen LogP contribution in [0.5, 0.6) is 0 Å². The Morgan fingerprint density at radius 3 is 2.45 bits per heavy atom. The minimum atomic E-state index is -0.696. The van der Waals surface area contributed by atoms with Crippen LogP contribution in [0.25, 0.3) is 0 Å². The van der Waals surface area contributed by atoms with Crippen molar-refractivity contribution in [2.75, 3.05) is 25.5 Å². The van der Waals surface area contributed by atoms with Gasteiger partial charge < -0.3 is 20.6 Å². The zero-order chi connectivity index (χ0) is 22.5. The van der Waals surface area contributed by atoms with Crippen LogP contribution in [-0.2, 0) is 14.4 Å². The van der Waals surface area contributed by atoms with E-state index >= 15 is 0 Å². The molecule has 7 nitrogen and oxygen atoms in total. The molecule has 0 saturated carbocycles. The number of hydrogen-bond acceptors (Lipinski definition) is 4. The van der Waals surface area contributed by atoms with E-state index < -0.39 is 17.9 Å². The van der Waals surface area contributed by atoms with Crippen molar-refractivity contribution >= 4 is 35.0 Å². The first kappa shape index (κ1) is 23.3. The van der Waals surface area contributed by atoms with Gasteiger partial charge in [0.1, 0.15) is 6.04 Å². The summed E-state index contributed by atoms with van der Waals surface area (Å²) in [6, 6.07) is 6.11. The first-order chi connectivity index (χ1) is 14.9. The van der Waals surface area contributed by atoms with Crippen molar-refractivity contribution < 1.29 is 19.5 Å². The number of benzene rings is 1. The Morgan fingerprint density at radius 1 is 1.10 bits per heavy atom. The van der Waals surface area contributed by atoms with Gasteiger partial charge in [-0.15, -0.1) is 0 Å². The Labute approximate surface area is 187 Å². The summed E-state index contributed by atoms with van der Waals surface area (Å²) >= 11 is 5.93. The monoisotopic (exact) mass is 447 g/mol. The van der Waals surface area contributed by atoms with E-state index in [0.29, 0.717) is 30.1 Å². The molecule has 0 unspecified atom stereocenters. The van der Waals surface area contributed by atoms with Crippen LogP contribution in [0, 0.1) is 23.7 Å². The molecule has 0 radical (unpaired) electrons. The average molecular weight is 448 g/mol. The molecule has 1 fully saturated rings. The lowest BCUT2D eigenvalue weighted by atomic mass is 9.70. The number of carbonyl (C=O) groups is 3. The molecule has 31 heavy (non-hydrogen) atoms. The van der Waals surface area contributed by atoms with Crippen molar-refractivity contribution in [3.63, 3.8) is 0 Å². The van der Waals surface area contributed by atoms with E-state index in [9.17, 15) is 14.4 Å². The van der Waals surface area contributed by atoms with Crippen LogP contribution in [-0.4, -0.2) is 54.0 Å². The minimum absolute atomic E-state index is 0.0959. The lowest BCUT2D eigenvalue weighted by Gasteiger charge is -2.32. The fourth-order valence-electron chi connectivity index (χ4n) is 4.72. The molecule has 1 heterocycles. The van der Waals surface area contributed by atoms with Gasteiger partial charge in [0, 0.05) is 36.8 Å². The highest BCUT2D eigenvalue weighted by Gasteiger charge is 2.56. The van der Waals surface area contributed by atoms with Crippen molar-refractivity contribution in [3.8, 4) is 0 Å². The first-order valence-corrected chi connectivity index (χ1v) is 11.1. The number of likely N-dealkylation sites (tertiary alicyclic amines) is 1. The number of fused-ring (bicyclic) bond motifs is 1. The lowest BCUT2D eigenvalue weighted by Crippen LogP contribution is -2.45. The Bertz CT molecular complexity index is 842. The largest absolute Gasteiger partial charge is 0.396 e. The molecule has 0 spiro atoms. The second-order valence-electron chi connectivity index (χ2n) is 8.24. The number of aliphatic hydroxyl groups excluding tert-OH is 1. The van der Waals surface area contributed by atoms with Gasteiger partial charge in [0.2, 0.25) is 17.7 Å². The summed E-state index contributed by atoms with van der Waals surface area (Å²) in [6.07, 6.45) is 5.94. The quantitative estimate of drug-likeness (QED) is 0.421. The number of amides is 3. The Hall–Kier alpha value is -2.38. The summed E-state index contributed by atoms with van der Waals surface area (Å²) in [7, 11) is 1.57. The van der Waals surface area contributed by atoms with E-state index in [2.05, 4.69) is 10.6 Å². The van der Waals surface area contributed by atoms with Gasteiger partial charge in [0.25, 0.3) is 0 Å². The number of hydrogen-bond donors (Lipinski definition) is 3. The molecule has 1 aliphatic carbocycles. The zero-order valence-corrected chi connectivity index (χ0v) is 18.6. The van der Waals surface area contributed by atoms with Gasteiger partial charge in [-0.3, -0.25) is 14.4 Å². The summed E-state index contributed by atoms with van der Waals surface area (Å²) in [5.41, 5.74) is 0.599. The number of unbranched alkanes of at least 4 members (excludes halogenated alkanes) is 2. The van der Waals surface area contributed by atoms with Crippen LogP contribution in [0.15, 0.2) is 36.4 Å². The average Bonchev–Trinajstić information content (AvgIpc) is 3.04. The fraction of sp³-hybridized carbons (Fsp3) is 0.522. The Kier molecular flexibility index (Phi) is 7.73. The molecule has 1 saturated heterocycles. The lowest BCUT2D eigenvalue weighted by molar-refractivity contribution is -0.140. The number of rotatable bonds is 8. The van der Waals surface area contributed by atoms with Crippen LogP contribution in [0.1, 0.15) is 26.2 Å². The highest BCUT2D eigenvalue weighted by Crippen LogP contribution is 2.44. The predicted octanol–water partition coefficient (Wildman–Crippen LogP) is 2.45. The highest BCUT2D eigenvalue weighted by molar-refractivity contribution is 6.30. The molecule has 3 amide bonds. The number of nitrogens with one attached hydrogen (secondary N) is 2. The molecule has 0 bridgehead atoms. The molecule has 1 aromatic carbocycles. The van der Waals surface area contributed by atoms with Crippen LogP contribution < -0.4 is 10.6 Å². The molecule has 3 rings (SSSR count). The van der Waals surface area contributed by atoms with Crippen molar-refractivity contribution in [1.82, 2.24) is 10.2 Å². The summed E-state index contributed by atoms with van der Waals surface area (Å²) in [5, 5.41) is 15.2. The summed E-state index contributed by atoms with van der Waals surface area (Å²) in [4.78, 5) is 41.0. The van der Waals surface area contributed by atoms with Gasteiger partial charge >= 0.3 is 0 Å². The number of aliphatic hydroxyl groups is 1. The van der Waals surface area contributed by atoms with Gasteiger partial charge in [-0.25, -0.2) is 0 Å². The minimum Gasteiger partial charge on any atom is -0.396 e. The topological polar surface area (TPSA) is 98.7 Å². The fourth-order valence-corrected chi connectivity index (χ4v) is 4.85. The predicted molar refractivity (Wildman–Crippen MR) is 119 cm³/mol. The molecule has 8 heteroatoms. The number of halogens is 1. The molecule has 1 aliphatic heterocycles. The number of allylic oxidation sites excluding steroid dienone is 1. The standard InChI is InChI=1S/C23H30ClN3O4/c1-14-6-11-17-19(18(14)21(29)25-2)23(31)27(12-4-3-5-13-28)20(17)22(30)26-16-9-7-15(24)8-10-16/h6-11,14,17-20,28H,3-5,12-13H2,1-2H3,(H,25,29)(H,26,30)/t14-,17+,18-,19-,20+/m1/s1. The van der Waals surface area contributed by atoms with Gasteiger partial charge in [0.05, 0.1) is 11.8 Å². The van der Waals surface area contributed by atoms with Crippen molar-refractivity contribution in [2.24, 2.45) is 23.7 Å². The van der Waals surface area contributed by atoms with Gasteiger partial charge in [-0.2, -0.15) is 0 Å². The number of anilines is 1. The third kappa shape index (κ3) is 4.93. The van der Waals surface area contributed by atoms with E-state index in [4.69, 9.17) is 16.7 Å². The SMILES string of the molecule is CNC(=O)[C@H]1[C@@H]2C(=O)N(CCCCCO)[C@H](C(=O)Nc3ccc(Cl)cc3)[C@H]2C=C[C@H]1C. The molecular formula is C23H30ClN3O4. The van der Waals surface area contributed by atoms with E-state index in [1.165, 1.54) is 0 Å². The van der Waals surface area contributed by atoms with Gasteiger partial charge in [0.15, 0.2) is 0 Å². The second-order valence-corrected chi connectivity index (χ2v) is 8.68. The van der Waals surface area contributed by atoms with Crippen molar-refractivity contribution in [3.05, 3.63) is 41.4 Å². The molecule has 3 N–H and O–H groups in total. The maximum absolute atomic E-state index is 13.5. The Balaban J connectivity index is 1.89.